The van der Waals surface area contributed by atoms with Crippen LogP contribution >= 0.6 is 0 Å². The molecule has 1 aromatic carbocycles. The zero-order chi connectivity index (χ0) is 20.8. The molecule has 6 nitrogen and oxygen atoms in total. The Morgan fingerprint density at radius 2 is 1.85 bits per heavy atom. The first-order valence-corrected chi connectivity index (χ1v) is 7.93. The fourth-order valence-corrected chi connectivity index (χ4v) is 2.10. The van der Waals surface area contributed by atoms with Crippen LogP contribution in [-0.4, -0.2) is 47.5 Å². The normalized spacial score (nSPS) is 12.1. The summed E-state index contributed by atoms with van der Waals surface area (Å²) in [6, 6.07) is 4.47. The molecule has 0 saturated carbocycles. The smallest absolute Gasteiger partial charge is 0.410 e. The fraction of sp³-hybridized carbons (Fsp3) is 0.444. The van der Waals surface area contributed by atoms with E-state index in [1.807, 2.05) is 0 Å². The third kappa shape index (κ3) is 8.48. The summed E-state index contributed by atoms with van der Waals surface area (Å²) in [7, 11) is 1.38. The number of halogens is 3. The summed E-state index contributed by atoms with van der Waals surface area (Å²) in [5.41, 5.74) is -0.350. The SMILES string of the molecule is COc1ccc(/C=C/C(=O)O)c(CN(CC(F)(F)F)C(=O)OC(C)(C)C)c1. The molecular formula is C18H22F3NO5. The van der Waals surface area contributed by atoms with Gasteiger partial charge in [-0.15, -0.1) is 0 Å². The molecule has 0 unspecified atom stereocenters. The number of hydrogen-bond donors (Lipinski definition) is 1. The number of hydrogen-bond acceptors (Lipinski definition) is 4. The number of alkyl halides is 3. The Morgan fingerprint density at radius 1 is 1.22 bits per heavy atom. The van der Waals surface area contributed by atoms with Crippen LogP contribution in [-0.2, 0) is 16.1 Å². The summed E-state index contributed by atoms with van der Waals surface area (Å²) in [6.07, 6.45) is -3.67. The molecule has 0 aromatic heterocycles. The summed E-state index contributed by atoms with van der Waals surface area (Å²) in [5.74, 6) is -0.857. The summed E-state index contributed by atoms with van der Waals surface area (Å²) in [4.78, 5) is 23.5. The lowest BCUT2D eigenvalue weighted by Crippen LogP contribution is -2.41. The molecule has 0 bridgehead atoms. The first-order valence-electron chi connectivity index (χ1n) is 7.93. The second-order valence-corrected chi connectivity index (χ2v) is 6.69. The van der Waals surface area contributed by atoms with E-state index in [2.05, 4.69) is 0 Å². The molecule has 1 amide bonds. The zero-order valence-corrected chi connectivity index (χ0v) is 15.5. The van der Waals surface area contributed by atoms with E-state index in [9.17, 15) is 22.8 Å². The van der Waals surface area contributed by atoms with Crippen molar-refractivity contribution in [1.29, 1.82) is 0 Å². The van der Waals surface area contributed by atoms with Gasteiger partial charge in [-0.2, -0.15) is 13.2 Å². The summed E-state index contributed by atoms with van der Waals surface area (Å²) in [5, 5.41) is 8.77. The van der Waals surface area contributed by atoms with Crippen molar-refractivity contribution in [1.82, 2.24) is 4.90 Å². The number of amides is 1. The van der Waals surface area contributed by atoms with Gasteiger partial charge in [-0.25, -0.2) is 9.59 Å². The van der Waals surface area contributed by atoms with Crippen LogP contribution in [0.5, 0.6) is 5.75 Å². The van der Waals surface area contributed by atoms with Crippen LogP contribution in [0.3, 0.4) is 0 Å². The maximum Gasteiger partial charge on any atom is 0.410 e. The van der Waals surface area contributed by atoms with Crippen molar-refractivity contribution in [2.45, 2.75) is 39.1 Å². The van der Waals surface area contributed by atoms with Crippen LogP contribution in [0, 0.1) is 0 Å². The Kier molecular flexibility index (Phi) is 7.27. The highest BCUT2D eigenvalue weighted by Gasteiger charge is 2.35. The van der Waals surface area contributed by atoms with Gasteiger partial charge < -0.3 is 14.6 Å². The van der Waals surface area contributed by atoms with E-state index in [1.165, 1.54) is 31.4 Å². The van der Waals surface area contributed by atoms with Gasteiger partial charge in [0, 0.05) is 6.08 Å². The Labute approximate surface area is 155 Å². The third-order valence-electron chi connectivity index (χ3n) is 3.14. The van der Waals surface area contributed by atoms with E-state index in [-0.39, 0.29) is 5.56 Å². The molecule has 1 rings (SSSR count). The topological polar surface area (TPSA) is 76.1 Å². The van der Waals surface area contributed by atoms with E-state index in [0.717, 1.165) is 6.08 Å². The van der Waals surface area contributed by atoms with Crippen LogP contribution in [0.4, 0.5) is 18.0 Å². The van der Waals surface area contributed by atoms with Crippen LogP contribution < -0.4 is 4.74 Å². The molecule has 1 aromatic rings. The zero-order valence-electron chi connectivity index (χ0n) is 15.5. The molecule has 0 saturated heterocycles. The van der Waals surface area contributed by atoms with Crippen LogP contribution in [0.15, 0.2) is 24.3 Å². The van der Waals surface area contributed by atoms with Crippen molar-refractivity contribution < 1.29 is 37.3 Å². The molecule has 0 atom stereocenters. The number of carbonyl (C=O) groups is 2. The van der Waals surface area contributed by atoms with Crippen molar-refractivity contribution in [3.05, 3.63) is 35.4 Å². The van der Waals surface area contributed by atoms with Gasteiger partial charge in [-0.1, -0.05) is 6.07 Å². The largest absolute Gasteiger partial charge is 0.497 e. The molecule has 0 fully saturated rings. The molecule has 0 aliphatic rings. The van der Waals surface area contributed by atoms with Crippen LogP contribution in [0.2, 0.25) is 0 Å². The van der Waals surface area contributed by atoms with Crippen LogP contribution in [0.25, 0.3) is 6.08 Å². The summed E-state index contributed by atoms with van der Waals surface area (Å²) >= 11 is 0. The monoisotopic (exact) mass is 389 g/mol. The average Bonchev–Trinajstić information content (AvgIpc) is 2.49. The number of carboxylic acid groups (broad SMARTS) is 1. The number of carbonyl (C=O) groups excluding carboxylic acids is 1. The predicted octanol–water partition coefficient (Wildman–Crippen LogP) is 4.09. The molecule has 1 N–H and O–H groups in total. The highest BCUT2D eigenvalue weighted by atomic mass is 19.4. The Hall–Kier alpha value is -2.71. The molecule has 27 heavy (non-hydrogen) atoms. The van der Waals surface area contributed by atoms with Crippen molar-refractivity contribution >= 4 is 18.1 Å². The molecular weight excluding hydrogens is 367 g/mol. The van der Waals surface area contributed by atoms with Gasteiger partial charge in [-0.05, 0) is 50.1 Å². The summed E-state index contributed by atoms with van der Waals surface area (Å²) in [6.45, 7) is 2.68. The molecule has 0 radical (unpaired) electrons. The number of rotatable bonds is 6. The second kappa shape index (κ2) is 8.79. The molecule has 9 heteroatoms. The van der Waals surface area contributed by atoms with Crippen molar-refractivity contribution in [2.75, 3.05) is 13.7 Å². The second-order valence-electron chi connectivity index (χ2n) is 6.69. The van der Waals surface area contributed by atoms with Gasteiger partial charge in [0.25, 0.3) is 0 Å². The van der Waals surface area contributed by atoms with Gasteiger partial charge in [0.15, 0.2) is 0 Å². The number of carboxylic acids is 1. The minimum Gasteiger partial charge on any atom is -0.497 e. The lowest BCUT2D eigenvalue weighted by molar-refractivity contribution is -0.145. The van der Waals surface area contributed by atoms with Gasteiger partial charge >= 0.3 is 18.2 Å². The molecule has 150 valence electrons. The first-order chi connectivity index (χ1) is 12.3. The standard InChI is InChI=1S/C18H22F3NO5/c1-17(2,3)27-16(25)22(11-18(19,20)21)10-13-9-14(26-4)7-5-12(13)6-8-15(23)24/h5-9H,10-11H2,1-4H3,(H,23,24)/b8-6+. The fourth-order valence-electron chi connectivity index (χ4n) is 2.10. The van der Waals surface area contributed by atoms with E-state index >= 15 is 0 Å². The van der Waals surface area contributed by atoms with Gasteiger partial charge in [0.1, 0.15) is 17.9 Å². The number of ether oxygens (including phenoxy) is 2. The first kappa shape index (κ1) is 22.3. The average molecular weight is 389 g/mol. The van der Waals surface area contributed by atoms with Gasteiger partial charge in [0.05, 0.1) is 13.7 Å². The lowest BCUT2D eigenvalue weighted by atomic mass is 10.1. The minimum atomic E-state index is -4.63. The van der Waals surface area contributed by atoms with E-state index in [4.69, 9.17) is 14.6 Å². The van der Waals surface area contributed by atoms with Crippen molar-refractivity contribution in [3.63, 3.8) is 0 Å². The molecule has 0 heterocycles. The predicted molar refractivity (Wildman–Crippen MR) is 92.4 cm³/mol. The number of nitrogens with zero attached hydrogens (tertiary/aromatic N) is 1. The molecule has 0 aliphatic carbocycles. The van der Waals surface area contributed by atoms with Crippen LogP contribution in [0.1, 0.15) is 31.9 Å². The Balaban J connectivity index is 3.25. The van der Waals surface area contributed by atoms with E-state index in [0.29, 0.717) is 16.2 Å². The summed E-state index contributed by atoms with van der Waals surface area (Å²) < 4.78 is 48.9. The van der Waals surface area contributed by atoms with Crippen molar-refractivity contribution in [3.8, 4) is 5.75 Å². The molecule has 0 aliphatic heterocycles. The highest BCUT2D eigenvalue weighted by molar-refractivity contribution is 5.85. The maximum absolute atomic E-state index is 12.9. The number of benzene rings is 1. The highest BCUT2D eigenvalue weighted by Crippen LogP contribution is 2.25. The van der Waals surface area contributed by atoms with Gasteiger partial charge in [-0.3, -0.25) is 4.90 Å². The number of methoxy groups -OCH3 is 1. The Morgan fingerprint density at radius 3 is 2.33 bits per heavy atom. The minimum absolute atomic E-state index is 0.280. The van der Waals surface area contributed by atoms with E-state index < -0.39 is 36.9 Å². The number of aliphatic carboxylic acids is 1. The molecule has 0 spiro atoms. The van der Waals surface area contributed by atoms with E-state index in [1.54, 1.807) is 20.8 Å². The van der Waals surface area contributed by atoms with Gasteiger partial charge in [0.2, 0.25) is 0 Å². The lowest BCUT2D eigenvalue weighted by Gasteiger charge is -2.28. The maximum atomic E-state index is 12.9. The Bertz CT molecular complexity index is 708. The third-order valence-corrected chi connectivity index (χ3v) is 3.14. The quantitative estimate of drug-likeness (QED) is 0.742. The van der Waals surface area contributed by atoms with Crippen molar-refractivity contribution in [2.24, 2.45) is 0 Å².